The fraction of sp³-hybridized carbons (Fsp3) is 0.950. The first kappa shape index (κ1) is 24.0. The van der Waals surface area contributed by atoms with E-state index in [0.29, 0.717) is 12.0 Å². The monoisotopic (exact) mass is 479 g/mol. The van der Waals surface area contributed by atoms with Crippen molar-refractivity contribution in [1.29, 1.82) is 0 Å². The number of guanidine groups is 1. The van der Waals surface area contributed by atoms with Gasteiger partial charge in [-0.1, -0.05) is 33.6 Å². The van der Waals surface area contributed by atoms with Gasteiger partial charge < -0.3 is 15.5 Å². The second-order valence-electron chi connectivity index (χ2n) is 8.14. The molecule has 2 heterocycles. The molecule has 0 aromatic heterocycles. The normalized spacial score (nSPS) is 24.2. The van der Waals surface area contributed by atoms with Gasteiger partial charge in [-0.25, -0.2) is 0 Å². The van der Waals surface area contributed by atoms with Crippen LogP contribution in [-0.4, -0.2) is 74.7 Å². The predicted octanol–water partition coefficient (Wildman–Crippen LogP) is 3.01. The second kappa shape index (κ2) is 13.2. The minimum atomic E-state index is 0. The van der Waals surface area contributed by atoms with Crippen molar-refractivity contribution in [2.75, 3.05) is 52.9 Å². The molecule has 0 saturated carbocycles. The molecular weight excluding hydrogens is 437 g/mol. The van der Waals surface area contributed by atoms with E-state index in [0.717, 1.165) is 25.0 Å². The maximum Gasteiger partial charge on any atom is 0.191 e. The molecule has 0 radical (unpaired) electrons. The summed E-state index contributed by atoms with van der Waals surface area (Å²) in [6.07, 6.45) is 6.81. The van der Waals surface area contributed by atoms with Crippen molar-refractivity contribution >= 4 is 29.9 Å². The highest BCUT2D eigenvalue weighted by molar-refractivity contribution is 14.0. The van der Waals surface area contributed by atoms with Gasteiger partial charge in [-0.2, -0.15) is 0 Å². The van der Waals surface area contributed by atoms with E-state index in [1.165, 1.54) is 64.8 Å². The summed E-state index contributed by atoms with van der Waals surface area (Å²) >= 11 is 0. The minimum absolute atomic E-state index is 0. The van der Waals surface area contributed by atoms with Gasteiger partial charge in [0.1, 0.15) is 0 Å². The third-order valence-electron chi connectivity index (χ3n) is 5.96. The zero-order chi connectivity index (χ0) is 18.1. The average molecular weight is 479 g/mol. The maximum absolute atomic E-state index is 4.45. The molecule has 2 aliphatic rings. The van der Waals surface area contributed by atoms with Crippen LogP contribution in [-0.2, 0) is 0 Å². The highest BCUT2D eigenvalue weighted by Crippen LogP contribution is 2.17. The summed E-state index contributed by atoms with van der Waals surface area (Å²) in [6, 6.07) is 0.596. The summed E-state index contributed by atoms with van der Waals surface area (Å²) in [6.45, 7) is 15.1. The Bertz CT molecular complexity index is 394. The number of hydrogen-bond acceptors (Lipinski definition) is 3. The fourth-order valence-corrected chi connectivity index (χ4v) is 4.24. The van der Waals surface area contributed by atoms with E-state index in [-0.39, 0.29) is 24.0 Å². The van der Waals surface area contributed by atoms with Crippen LogP contribution in [0.5, 0.6) is 0 Å². The number of aliphatic imine (C=N–C) groups is 1. The van der Waals surface area contributed by atoms with Crippen molar-refractivity contribution in [3.05, 3.63) is 0 Å². The molecule has 2 rings (SSSR count). The molecule has 0 bridgehead atoms. The van der Waals surface area contributed by atoms with E-state index in [1.54, 1.807) is 0 Å². The van der Waals surface area contributed by atoms with E-state index >= 15 is 0 Å². The lowest BCUT2D eigenvalue weighted by atomic mass is 10.0. The quantitative estimate of drug-likeness (QED) is 0.335. The smallest absolute Gasteiger partial charge is 0.191 e. The Morgan fingerprint density at radius 1 is 1.08 bits per heavy atom. The summed E-state index contributed by atoms with van der Waals surface area (Å²) in [7, 11) is 1.89. The van der Waals surface area contributed by atoms with Gasteiger partial charge >= 0.3 is 0 Å². The van der Waals surface area contributed by atoms with Gasteiger partial charge in [0.2, 0.25) is 0 Å². The third kappa shape index (κ3) is 7.89. The zero-order valence-corrected chi connectivity index (χ0v) is 19.8. The number of likely N-dealkylation sites (tertiary alicyclic amines) is 2. The lowest BCUT2D eigenvalue weighted by Gasteiger charge is -2.34. The maximum atomic E-state index is 4.45. The summed E-state index contributed by atoms with van der Waals surface area (Å²) < 4.78 is 0. The predicted molar refractivity (Wildman–Crippen MR) is 124 cm³/mol. The molecule has 154 valence electrons. The van der Waals surface area contributed by atoms with Crippen molar-refractivity contribution in [1.82, 2.24) is 20.4 Å². The number of nitrogens with zero attached hydrogens (tertiary/aromatic N) is 3. The molecule has 0 amide bonds. The summed E-state index contributed by atoms with van der Waals surface area (Å²) in [5.74, 6) is 2.39. The molecule has 2 unspecified atom stereocenters. The van der Waals surface area contributed by atoms with Gasteiger partial charge in [0, 0.05) is 32.7 Å². The van der Waals surface area contributed by atoms with Gasteiger partial charge in [0.05, 0.1) is 0 Å². The lowest BCUT2D eigenvalue weighted by molar-refractivity contribution is 0.161. The Balaban J connectivity index is 0.00000338. The molecule has 2 saturated heterocycles. The van der Waals surface area contributed by atoms with Crippen molar-refractivity contribution in [2.24, 2.45) is 16.8 Å². The van der Waals surface area contributed by atoms with Gasteiger partial charge in [-0.15, -0.1) is 24.0 Å². The number of rotatable bonds is 7. The molecule has 2 atom stereocenters. The number of hydrogen-bond donors (Lipinski definition) is 2. The van der Waals surface area contributed by atoms with Gasteiger partial charge in [0.15, 0.2) is 5.96 Å². The van der Waals surface area contributed by atoms with Crippen molar-refractivity contribution in [3.63, 3.8) is 0 Å². The van der Waals surface area contributed by atoms with Crippen LogP contribution < -0.4 is 10.6 Å². The van der Waals surface area contributed by atoms with Crippen LogP contribution in [0.15, 0.2) is 4.99 Å². The van der Waals surface area contributed by atoms with Crippen LogP contribution in [0.4, 0.5) is 0 Å². The Morgan fingerprint density at radius 3 is 2.31 bits per heavy atom. The van der Waals surface area contributed by atoms with Crippen LogP contribution in [0, 0.1) is 11.8 Å². The molecule has 0 spiro atoms. The Morgan fingerprint density at radius 2 is 1.77 bits per heavy atom. The molecule has 2 fully saturated rings. The minimum Gasteiger partial charge on any atom is -0.356 e. The van der Waals surface area contributed by atoms with Crippen molar-refractivity contribution in [3.8, 4) is 0 Å². The largest absolute Gasteiger partial charge is 0.356 e. The van der Waals surface area contributed by atoms with Crippen molar-refractivity contribution < 1.29 is 0 Å². The second-order valence-corrected chi connectivity index (χ2v) is 8.14. The fourth-order valence-electron chi connectivity index (χ4n) is 4.24. The van der Waals surface area contributed by atoms with Crippen LogP contribution in [0.1, 0.15) is 52.9 Å². The zero-order valence-electron chi connectivity index (χ0n) is 17.5. The Hall–Kier alpha value is -0.0800. The molecule has 0 aliphatic carbocycles. The first-order valence-corrected chi connectivity index (χ1v) is 10.5. The first-order valence-electron chi connectivity index (χ1n) is 10.5. The molecule has 0 aromatic rings. The van der Waals surface area contributed by atoms with E-state index in [1.807, 2.05) is 7.05 Å². The summed E-state index contributed by atoms with van der Waals surface area (Å²) in [5.41, 5.74) is 0. The topological polar surface area (TPSA) is 42.9 Å². The van der Waals surface area contributed by atoms with Crippen molar-refractivity contribution in [2.45, 2.75) is 58.9 Å². The molecule has 2 N–H and O–H groups in total. The lowest BCUT2D eigenvalue weighted by Crippen LogP contribution is -2.50. The van der Waals surface area contributed by atoms with E-state index in [4.69, 9.17) is 0 Å². The van der Waals surface area contributed by atoms with E-state index in [2.05, 4.69) is 46.2 Å². The first-order chi connectivity index (χ1) is 12.1. The van der Waals surface area contributed by atoms with E-state index < -0.39 is 0 Å². The van der Waals surface area contributed by atoms with Gasteiger partial charge in [0.25, 0.3) is 0 Å². The molecule has 6 heteroatoms. The Kier molecular flexibility index (Phi) is 12.1. The summed E-state index contributed by atoms with van der Waals surface area (Å²) in [5, 5.41) is 7.16. The average Bonchev–Trinajstić information content (AvgIpc) is 2.91. The number of nitrogens with one attached hydrogen (secondary N) is 2. The molecule has 5 nitrogen and oxygen atoms in total. The highest BCUT2D eigenvalue weighted by atomic mass is 127. The summed E-state index contributed by atoms with van der Waals surface area (Å²) in [4.78, 5) is 9.69. The molecule has 2 aliphatic heterocycles. The third-order valence-corrected chi connectivity index (χ3v) is 5.96. The Labute approximate surface area is 178 Å². The molecule has 0 aromatic carbocycles. The van der Waals surface area contributed by atoms with Gasteiger partial charge in [-0.05, 0) is 57.3 Å². The highest BCUT2D eigenvalue weighted by Gasteiger charge is 2.24. The number of halogens is 1. The standard InChI is InChI=1S/C20H41N5.HI/c1-5-24-13-10-18(16-24)14-22-20(21-4)23-15-19(17(2)3)25-11-8-6-7-9-12-25;/h17-19H,5-16H2,1-4H3,(H2,21,22,23);1H. The van der Waals surface area contributed by atoms with Crippen LogP contribution in [0.25, 0.3) is 0 Å². The molecular formula is C20H42IN5. The van der Waals surface area contributed by atoms with E-state index in [9.17, 15) is 0 Å². The van der Waals surface area contributed by atoms with Gasteiger partial charge in [-0.3, -0.25) is 9.89 Å². The van der Waals surface area contributed by atoms with Crippen LogP contribution in [0.3, 0.4) is 0 Å². The van der Waals surface area contributed by atoms with Crippen LogP contribution >= 0.6 is 24.0 Å². The SMILES string of the molecule is CCN1CCC(CNC(=NC)NCC(C(C)C)N2CCCCCC2)C1.I. The van der Waals surface area contributed by atoms with Crippen LogP contribution in [0.2, 0.25) is 0 Å². The molecule has 26 heavy (non-hydrogen) atoms.